The lowest BCUT2D eigenvalue weighted by Gasteiger charge is -1.93. The third-order valence-electron chi connectivity index (χ3n) is 2.03. The molecular weight excluding hydrogens is 122 g/mol. The fourth-order valence-electron chi connectivity index (χ4n) is 1.34. The van der Waals surface area contributed by atoms with Gasteiger partial charge < -0.3 is 0 Å². The van der Waals surface area contributed by atoms with Gasteiger partial charge in [-0.3, -0.25) is 4.99 Å². The van der Waals surface area contributed by atoms with Crippen LogP contribution >= 0.6 is 0 Å². The highest BCUT2D eigenvalue weighted by Gasteiger charge is 2.06. The highest BCUT2D eigenvalue weighted by Crippen LogP contribution is 2.14. The second kappa shape index (κ2) is 4.48. The molecule has 0 heterocycles. The van der Waals surface area contributed by atoms with Crippen LogP contribution < -0.4 is 0 Å². The molecule has 0 aliphatic heterocycles. The van der Waals surface area contributed by atoms with Gasteiger partial charge in [0.1, 0.15) is 0 Å². The largest absolute Gasteiger partial charge is 0.294 e. The molecular formula is C9H17N. The van der Waals surface area contributed by atoms with E-state index in [1.54, 1.807) is 0 Å². The minimum Gasteiger partial charge on any atom is -0.294 e. The standard InChI is InChI=1S/C9H17N/c1-2-3-8-10-9-6-4-5-7-9/h2-8H2,1H3. The highest BCUT2D eigenvalue weighted by molar-refractivity contribution is 5.86. The molecule has 0 bridgehead atoms. The Kier molecular flexibility index (Phi) is 3.48. The molecule has 1 aliphatic rings. The molecule has 0 spiro atoms. The van der Waals surface area contributed by atoms with E-state index in [0.29, 0.717) is 0 Å². The summed E-state index contributed by atoms with van der Waals surface area (Å²) in [7, 11) is 0. The van der Waals surface area contributed by atoms with E-state index in [2.05, 4.69) is 11.9 Å². The van der Waals surface area contributed by atoms with Crippen molar-refractivity contribution in [1.82, 2.24) is 0 Å². The highest BCUT2D eigenvalue weighted by atomic mass is 14.7. The zero-order chi connectivity index (χ0) is 7.23. The maximum Gasteiger partial charge on any atom is 0.0388 e. The lowest BCUT2D eigenvalue weighted by atomic mass is 10.3. The zero-order valence-electron chi connectivity index (χ0n) is 6.90. The average molecular weight is 139 g/mol. The lowest BCUT2D eigenvalue weighted by Crippen LogP contribution is -1.90. The van der Waals surface area contributed by atoms with Crippen LogP contribution in [0.2, 0.25) is 0 Å². The summed E-state index contributed by atoms with van der Waals surface area (Å²) in [6.45, 7) is 3.29. The van der Waals surface area contributed by atoms with Gasteiger partial charge in [0.15, 0.2) is 0 Å². The van der Waals surface area contributed by atoms with E-state index in [1.807, 2.05) is 0 Å². The summed E-state index contributed by atoms with van der Waals surface area (Å²) < 4.78 is 0. The Bertz CT molecular complexity index is 108. The molecule has 1 saturated carbocycles. The normalized spacial score (nSPS) is 17.9. The van der Waals surface area contributed by atoms with Crippen LogP contribution in [-0.2, 0) is 0 Å². The Hall–Kier alpha value is -0.330. The van der Waals surface area contributed by atoms with Gasteiger partial charge in [-0.25, -0.2) is 0 Å². The van der Waals surface area contributed by atoms with Gasteiger partial charge in [0, 0.05) is 12.3 Å². The van der Waals surface area contributed by atoms with Crippen molar-refractivity contribution in [3.8, 4) is 0 Å². The average Bonchev–Trinajstić information content (AvgIpc) is 2.41. The van der Waals surface area contributed by atoms with Crippen LogP contribution in [0.1, 0.15) is 45.4 Å². The van der Waals surface area contributed by atoms with Crippen molar-refractivity contribution >= 4 is 5.71 Å². The van der Waals surface area contributed by atoms with Gasteiger partial charge in [0.05, 0.1) is 0 Å². The summed E-state index contributed by atoms with van der Waals surface area (Å²) in [6, 6.07) is 0. The molecule has 0 aromatic heterocycles. The monoisotopic (exact) mass is 139 g/mol. The summed E-state index contributed by atoms with van der Waals surface area (Å²) >= 11 is 0. The van der Waals surface area contributed by atoms with E-state index >= 15 is 0 Å². The van der Waals surface area contributed by atoms with Crippen molar-refractivity contribution in [3.63, 3.8) is 0 Å². The minimum atomic E-state index is 1.08. The SMILES string of the molecule is CCCCN=C1CCCC1. The topological polar surface area (TPSA) is 12.4 Å². The molecule has 1 fully saturated rings. The van der Waals surface area contributed by atoms with E-state index in [0.717, 1.165) is 6.54 Å². The van der Waals surface area contributed by atoms with Gasteiger partial charge in [0.25, 0.3) is 0 Å². The van der Waals surface area contributed by atoms with E-state index in [-0.39, 0.29) is 0 Å². The van der Waals surface area contributed by atoms with Gasteiger partial charge in [-0.05, 0) is 32.1 Å². The van der Waals surface area contributed by atoms with Crippen molar-refractivity contribution < 1.29 is 0 Å². The van der Waals surface area contributed by atoms with Crippen LogP contribution in [-0.4, -0.2) is 12.3 Å². The van der Waals surface area contributed by atoms with E-state index in [9.17, 15) is 0 Å². The number of rotatable bonds is 3. The molecule has 0 amide bonds. The molecule has 0 aromatic rings. The molecule has 58 valence electrons. The van der Waals surface area contributed by atoms with Gasteiger partial charge in [-0.2, -0.15) is 0 Å². The number of hydrogen-bond acceptors (Lipinski definition) is 1. The van der Waals surface area contributed by atoms with E-state index in [4.69, 9.17) is 0 Å². The molecule has 0 unspecified atom stereocenters. The van der Waals surface area contributed by atoms with Crippen LogP contribution in [0.15, 0.2) is 4.99 Å². The second-order valence-electron chi connectivity index (χ2n) is 3.01. The Morgan fingerprint density at radius 3 is 2.60 bits per heavy atom. The predicted molar refractivity (Wildman–Crippen MR) is 45.7 cm³/mol. The maximum absolute atomic E-state index is 4.53. The molecule has 1 nitrogen and oxygen atoms in total. The smallest absolute Gasteiger partial charge is 0.0388 e. The van der Waals surface area contributed by atoms with Crippen molar-refractivity contribution in [2.75, 3.05) is 6.54 Å². The number of unbranched alkanes of at least 4 members (excludes halogenated alkanes) is 1. The Balaban J connectivity index is 2.12. The third kappa shape index (κ3) is 2.51. The van der Waals surface area contributed by atoms with Crippen LogP contribution in [0.25, 0.3) is 0 Å². The third-order valence-corrected chi connectivity index (χ3v) is 2.03. The Morgan fingerprint density at radius 1 is 1.30 bits per heavy atom. The number of hydrogen-bond donors (Lipinski definition) is 0. The van der Waals surface area contributed by atoms with Gasteiger partial charge in [-0.15, -0.1) is 0 Å². The first kappa shape index (κ1) is 7.77. The first-order chi connectivity index (χ1) is 4.93. The van der Waals surface area contributed by atoms with Crippen LogP contribution in [0, 0.1) is 0 Å². The predicted octanol–water partition coefficient (Wildman–Crippen LogP) is 2.80. The van der Waals surface area contributed by atoms with Gasteiger partial charge >= 0.3 is 0 Å². The fourth-order valence-corrected chi connectivity index (χ4v) is 1.34. The Labute approximate surface area is 63.5 Å². The number of aliphatic imine (C=N–C) groups is 1. The lowest BCUT2D eigenvalue weighted by molar-refractivity contribution is 0.805. The van der Waals surface area contributed by atoms with Crippen LogP contribution in [0.3, 0.4) is 0 Å². The van der Waals surface area contributed by atoms with Crippen molar-refractivity contribution in [2.24, 2.45) is 4.99 Å². The fraction of sp³-hybridized carbons (Fsp3) is 0.889. The van der Waals surface area contributed by atoms with Crippen LogP contribution in [0.5, 0.6) is 0 Å². The zero-order valence-corrected chi connectivity index (χ0v) is 6.90. The molecule has 1 heteroatoms. The Morgan fingerprint density at radius 2 is 2.00 bits per heavy atom. The first-order valence-corrected chi connectivity index (χ1v) is 4.45. The number of nitrogens with zero attached hydrogens (tertiary/aromatic N) is 1. The van der Waals surface area contributed by atoms with Crippen LogP contribution in [0.4, 0.5) is 0 Å². The quantitative estimate of drug-likeness (QED) is 0.533. The molecule has 0 saturated heterocycles. The first-order valence-electron chi connectivity index (χ1n) is 4.45. The summed E-state index contributed by atoms with van der Waals surface area (Å²) in [4.78, 5) is 4.53. The molecule has 0 atom stereocenters. The van der Waals surface area contributed by atoms with Gasteiger partial charge in [-0.1, -0.05) is 13.3 Å². The molecule has 10 heavy (non-hydrogen) atoms. The van der Waals surface area contributed by atoms with Crippen molar-refractivity contribution in [3.05, 3.63) is 0 Å². The van der Waals surface area contributed by atoms with E-state index in [1.165, 1.54) is 44.2 Å². The summed E-state index contributed by atoms with van der Waals surface area (Å²) in [6.07, 6.45) is 7.86. The van der Waals surface area contributed by atoms with Crippen molar-refractivity contribution in [1.29, 1.82) is 0 Å². The van der Waals surface area contributed by atoms with Gasteiger partial charge in [0.2, 0.25) is 0 Å². The summed E-state index contributed by atoms with van der Waals surface area (Å²) in [5.41, 5.74) is 1.48. The molecule has 0 radical (unpaired) electrons. The molecule has 0 aromatic carbocycles. The molecule has 0 N–H and O–H groups in total. The minimum absolute atomic E-state index is 1.08. The van der Waals surface area contributed by atoms with E-state index < -0.39 is 0 Å². The maximum atomic E-state index is 4.53. The molecule has 1 aliphatic carbocycles. The summed E-state index contributed by atoms with van der Waals surface area (Å²) in [5.74, 6) is 0. The van der Waals surface area contributed by atoms with Crippen molar-refractivity contribution in [2.45, 2.75) is 45.4 Å². The summed E-state index contributed by atoms with van der Waals surface area (Å²) in [5, 5.41) is 0. The molecule has 1 rings (SSSR count). The second-order valence-corrected chi connectivity index (χ2v) is 3.01.